The van der Waals surface area contributed by atoms with Crippen LogP contribution >= 0.6 is 0 Å². The molecule has 1 unspecified atom stereocenters. The highest BCUT2D eigenvalue weighted by Gasteiger charge is 2.08. The van der Waals surface area contributed by atoms with Gasteiger partial charge in [0.25, 0.3) is 0 Å². The third kappa shape index (κ3) is 6.90. The maximum absolute atomic E-state index is 14.1. The number of hydrogen-bond acceptors (Lipinski definition) is 3. The number of ether oxygens (including phenoxy) is 1. The van der Waals surface area contributed by atoms with Crippen molar-refractivity contribution in [3.8, 4) is 17.0 Å². The lowest BCUT2D eigenvalue weighted by atomic mass is 10.0. The normalized spacial score (nSPS) is 12.6. The number of aromatic hydroxyl groups is 1. The summed E-state index contributed by atoms with van der Waals surface area (Å²) < 4.78 is 20.0. The Morgan fingerprint density at radius 3 is 2.74 bits per heavy atom. The quantitative estimate of drug-likeness (QED) is 0.325. The molecule has 3 aromatic rings. The van der Waals surface area contributed by atoms with E-state index in [9.17, 15) is 9.50 Å². The maximum atomic E-state index is 14.1. The summed E-state index contributed by atoms with van der Waals surface area (Å²) in [6.45, 7) is 5.24. The van der Waals surface area contributed by atoms with Crippen molar-refractivity contribution >= 4 is 16.8 Å². The molecule has 0 saturated heterocycles. The SMILES string of the molecule is CCCCCOC(C)CCC/C=C/c1ccc2cc(-c3ccc(O)cc3F)ncc2c1. The highest BCUT2D eigenvalue weighted by atomic mass is 19.1. The Kier molecular flexibility index (Phi) is 8.60. The van der Waals surface area contributed by atoms with Crippen LogP contribution in [0.3, 0.4) is 0 Å². The zero-order chi connectivity index (χ0) is 22.1. The first-order valence-corrected chi connectivity index (χ1v) is 11.2. The molecule has 0 bridgehead atoms. The summed E-state index contributed by atoms with van der Waals surface area (Å²) in [4.78, 5) is 4.41. The number of rotatable bonds is 11. The second kappa shape index (κ2) is 11.6. The molecule has 0 amide bonds. The summed E-state index contributed by atoms with van der Waals surface area (Å²) in [5.41, 5.74) is 2.06. The summed E-state index contributed by atoms with van der Waals surface area (Å²) in [6.07, 6.45) is 13.3. The average molecular weight is 422 g/mol. The van der Waals surface area contributed by atoms with Crippen molar-refractivity contribution in [2.75, 3.05) is 6.61 Å². The van der Waals surface area contributed by atoms with Gasteiger partial charge in [-0.25, -0.2) is 4.39 Å². The number of halogens is 1. The first-order chi connectivity index (χ1) is 15.1. The minimum Gasteiger partial charge on any atom is -0.508 e. The molecule has 0 fully saturated rings. The van der Waals surface area contributed by atoms with E-state index >= 15 is 0 Å². The van der Waals surface area contributed by atoms with E-state index in [0.717, 1.165) is 54.7 Å². The monoisotopic (exact) mass is 421 g/mol. The Labute approximate surface area is 184 Å². The summed E-state index contributed by atoms with van der Waals surface area (Å²) in [6, 6.07) is 12.2. The second-order valence-corrected chi connectivity index (χ2v) is 8.06. The topological polar surface area (TPSA) is 42.4 Å². The molecule has 2 aromatic carbocycles. The van der Waals surface area contributed by atoms with Crippen molar-refractivity contribution in [2.24, 2.45) is 0 Å². The van der Waals surface area contributed by atoms with E-state index in [1.54, 1.807) is 12.3 Å². The fourth-order valence-corrected chi connectivity index (χ4v) is 3.59. The molecule has 164 valence electrons. The molecule has 0 aliphatic rings. The van der Waals surface area contributed by atoms with Crippen LogP contribution in [0.5, 0.6) is 5.75 Å². The Bertz CT molecular complexity index is 1020. The van der Waals surface area contributed by atoms with Crippen molar-refractivity contribution < 1.29 is 14.2 Å². The average Bonchev–Trinajstić information content (AvgIpc) is 2.76. The zero-order valence-corrected chi connectivity index (χ0v) is 18.5. The number of phenols is 1. The molecular weight excluding hydrogens is 389 g/mol. The molecule has 1 aromatic heterocycles. The Hall–Kier alpha value is -2.72. The number of hydrogen-bond donors (Lipinski definition) is 1. The van der Waals surface area contributed by atoms with E-state index in [4.69, 9.17) is 4.74 Å². The molecule has 0 aliphatic heterocycles. The van der Waals surface area contributed by atoms with Gasteiger partial charge in [-0.3, -0.25) is 4.98 Å². The van der Waals surface area contributed by atoms with Gasteiger partial charge >= 0.3 is 0 Å². The van der Waals surface area contributed by atoms with Crippen molar-refractivity contribution in [1.82, 2.24) is 4.98 Å². The lowest BCUT2D eigenvalue weighted by Gasteiger charge is -2.12. The summed E-state index contributed by atoms with van der Waals surface area (Å²) in [5.74, 6) is -0.570. The second-order valence-electron chi connectivity index (χ2n) is 8.06. The Morgan fingerprint density at radius 2 is 1.94 bits per heavy atom. The third-order valence-electron chi connectivity index (χ3n) is 5.42. The van der Waals surface area contributed by atoms with Gasteiger partial charge in [0.1, 0.15) is 11.6 Å². The van der Waals surface area contributed by atoms with Gasteiger partial charge in [-0.2, -0.15) is 0 Å². The van der Waals surface area contributed by atoms with E-state index in [1.807, 2.05) is 12.1 Å². The number of unbranched alkanes of at least 4 members (excludes halogenated alkanes) is 3. The first-order valence-electron chi connectivity index (χ1n) is 11.2. The van der Waals surface area contributed by atoms with Crippen LogP contribution in [-0.4, -0.2) is 22.8 Å². The molecule has 3 nitrogen and oxygen atoms in total. The third-order valence-corrected chi connectivity index (χ3v) is 5.42. The Balaban J connectivity index is 1.54. The van der Waals surface area contributed by atoms with Gasteiger partial charge in [0.2, 0.25) is 0 Å². The van der Waals surface area contributed by atoms with E-state index in [-0.39, 0.29) is 5.75 Å². The van der Waals surface area contributed by atoms with Gasteiger partial charge in [-0.05, 0) is 67.8 Å². The van der Waals surface area contributed by atoms with Crippen LogP contribution in [0.15, 0.2) is 54.7 Å². The maximum Gasteiger partial charge on any atom is 0.136 e. The van der Waals surface area contributed by atoms with Crippen molar-refractivity contribution in [3.63, 3.8) is 0 Å². The molecule has 0 radical (unpaired) electrons. The summed E-state index contributed by atoms with van der Waals surface area (Å²) in [7, 11) is 0. The van der Waals surface area contributed by atoms with Gasteiger partial charge in [0.05, 0.1) is 11.8 Å². The van der Waals surface area contributed by atoms with Crippen LogP contribution in [0.25, 0.3) is 28.1 Å². The lowest BCUT2D eigenvalue weighted by Crippen LogP contribution is -2.08. The standard InChI is InChI=1S/C27H32FNO2/c1-3-4-8-15-31-20(2)9-6-5-7-10-21-11-12-22-17-27(29-19-23(22)16-21)25-14-13-24(30)18-26(25)28/h7,10-14,16-20,30H,3-6,8-9,15H2,1-2H3/b10-7+. The number of nitrogens with zero attached hydrogens (tertiary/aromatic N) is 1. The van der Waals surface area contributed by atoms with Crippen LogP contribution in [0, 0.1) is 5.82 Å². The van der Waals surface area contributed by atoms with Crippen molar-refractivity contribution in [3.05, 3.63) is 66.1 Å². The number of pyridine rings is 1. The smallest absolute Gasteiger partial charge is 0.136 e. The molecule has 1 heterocycles. The van der Waals surface area contributed by atoms with E-state index in [1.165, 1.54) is 18.9 Å². The highest BCUT2D eigenvalue weighted by Crippen LogP contribution is 2.27. The molecule has 0 spiro atoms. The summed E-state index contributed by atoms with van der Waals surface area (Å²) in [5, 5.41) is 11.4. The number of benzene rings is 2. The van der Waals surface area contributed by atoms with E-state index in [0.29, 0.717) is 17.4 Å². The predicted molar refractivity (Wildman–Crippen MR) is 127 cm³/mol. The number of aromatic nitrogens is 1. The fourth-order valence-electron chi connectivity index (χ4n) is 3.59. The van der Waals surface area contributed by atoms with Crippen LogP contribution in [0.4, 0.5) is 4.39 Å². The lowest BCUT2D eigenvalue weighted by molar-refractivity contribution is 0.0566. The predicted octanol–water partition coefficient (Wildman–Crippen LogP) is 7.53. The van der Waals surface area contributed by atoms with Gasteiger partial charge in [0.15, 0.2) is 0 Å². The minimum absolute atomic E-state index is 0.0903. The van der Waals surface area contributed by atoms with Crippen molar-refractivity contribution in [2.45, 2.75) is 58.5 Å². The highest BCUT2D eigenvalue weighted by molar-refractivity contribution is 5.87. The first kappa shape index (κ1) is 23.0. The zero-order valence-electron chi connectivity index (χ0n) is 18.5. The molecule has 0 saturated carbocycles. The molecule has 1 atom stereocenters. The van der Waals surface area contributed by atoms with E-state index in [2.05, 4.69) is 43.1 Å². The molecule has 1 N–H and O–H groups in total. The van der Waals surface area contributed by atoms with Crippen LogP contribution in [-0.2, 0) is 4.74 Å². The number of phenolic OH excluding ortho intramolecular Hbond substituents is 1. The minimum atomic E-state index is -0.480. The van der Waals surface area contributed by atoms with Crippen LogP contribution < -0.4 is 0 Å². The van der Waals surface area contributed by atoms with Gasteiger partial charge in [0, 0.05) is 29.8 Å². The number of fused-ring (bicyclic) bond motifs is 1. The van der Waals surface area contributed by atoms with Crippen LogP contribution in [0.1, 0.15) is 57.9 Å². The van der Waals surface area contributed by atoms with Crippen LogP contribution in [0.2, 0.25) is 0 Å². The molecule has 3 rings (SSSR count). The fraction of sp³-hybridized carbons (Fsp3) is 0.370. The summed E-state index contributed by atoms with van der Waals surface area (Å²) >= 11 is 0. The molecular formula is C27H32FNO2. The number of allylic oxidation sites excluding steroid dienone is 1. The molecule has 31 heavy (non-hydrogen) atoms. The molecule has 0 aliphatic carbocycles. The Morgan fingerprint density at radius 1 is 1.06 bits per heavy atom. The van der Waals surface area contributed by atoms with Gasteiger partial charge in [-0.15, -0.1) is 0 Å². The molecule has 4 heteroatoms. The van der Waals surface area contributed by atoms with Gasteiger partial charge in [-0.1, -0.05) is 44.1 Å². The van der Waals surface area contributed by atoms with E-state index < -0.39 is 5.82 Å². The largest absolute Gasteiger partial charge is 0.508 e. The van der Waals surface area contributed by atoms with Gasteiger partial charge < -0.3 is 9.84 Å². The van der Waals surface area contributed by atoms with Crippen molar-refractivity contribution in [1.29, 1.82) is 0 Å².